The lowest BCUT2D eigenvalue weighted by atomic mass is 10.0. The highest BCUT2D eigenvalue weighted by Gasteiger charge is 2.28. The molecule has 0 radical (unpaired) electrons. The Labute approximate surface area is 163 Å². The molecule has 1 aliphatic rings. The van der Waals surface area contributed by atoms with Gasteiger partial charge in [0.25, 0.3) is 11.5 Å². The molecule has 1 saturated heterocycles. The lowest BCUT2D eigenvalue weighted by Crippen LogP contribution is -2.48. The summed E-state index contributed by atoms with van der Waals surface area (Å²) in [6.45, 7) is 5.61. The zero-order valence-corrected chi connectivity index (χ0v) is 16.0. The van der Waals surface area contributed by atoms with Crippen LogP contribution < -0.4 is 10.9 Å². The van der Waals surface area contributed by atoms with Gasteiger partial charge in [-0.05, 0) is 37.6 Å². The van der Waals surface area contributed by atoms with E-state index in [2.05, 4.69) is 15.4 Å². The van der Waals surface area contributed by atoms with Gasteiger partial charge in [-0.1, -0.05) is 18.2 Å². The first-order chi connectivity index (χ1) is 13.6. The van der Waals surface area contributed by atoms with Crippen LogP contribution in [-0.4, -0.2) is 45.2 Å². The van der Waals surface area contributed by atoms with Gasteiger partial charge in [0.1, 0.15) is 0 Å². The van der Waals surface area contributed by atoms with Gasteiger partial charge in [0, 0.05) is 37.4 Å². The lowest BCUT2D eigenvalue weighted by molar-refractivity contribution is 0.0696. The Balaban J connectivity index is 1.72. The molecule has 1 N–H and O–H groups in total. The van der Waals surface area contributed by atoms with Gasteiger partial charge in [-0.15, -0.1) is 0 Å². The van der Waals surface area contributed by atoms with Crippen molar-refractivity contribution in [2.75, 3.05) is 19.6 Å². The van der Waals surface area contributed by atoms with Gasteiger partial charge in [0.05, 0.1) is 17.5 Å². The Morgan fingerprint density at radius 2 is 1.86 bits per heavy atom. The van der Waals surface area contributed by atoms with Crippen molar-refractivity contribution in [1.82, 2.24) is 25.0 Å². The largest absolute Gasteiger partial charge is 0.334 e. The fourth-order valence-electron chi connectivity index (χ4n) is 3.62. The molecular weight excluding hydrogens is 354 g/mol. The van der Waals surface area contributed by atoms with Crippen LogP contribution >= 0.6 is 0 Å². The number of aromatic nitrogens is 3. The molecule has 1 aliphatic heterocycles. The second-order valence-electron chi connectivity index (χ2n) is 7.28. The number of fused-ring (bicyclic) bond motifs is 1. The van der Waals surface area contributed by atoms with E-state index in [0.29, 0.717) is 36.1 Å². The summed E-state index contributed by atoms with van der Waals surface area (Å²) >= 11 is 0. The van der Waals surface area contributed by atoms with Crippen molar-refractivity contribution in [1.29, 1.82) is 0 Å². The number of hydrogen-bond acceptors (Lipinski definition) is 5. The number of nitrogens with one attached hydrogen (secondary N) is 1. The van der Waals surface area contributed by atoms with E-state index in [1.807, 2.05) is 43.0 Å². The van der Waals surface area contributed by atoms with E-state index < -0.39 is 0 Å². The smallest absolute Gasteiger partial charge is 0.275 e. The molecule has 1 unspecified atom stereocenters. The maximum Gasteiger partial charge on any atom is 0.275 e. The number of hydrogen-bond donors (Lipinski definition) is 1. The van der Waals surface area contributed by atoms with Crippen LogP contribution in [0.1, 0.15) is 42.0 Å². The Morgan fingerprint density at radius 1 is 1.14 bits per heavy atom. The predicted molar refractivity (Wildman–Crippen MR) is 107 cm³/mol. The molecule has 28 heavy (non-hydrogen) atoms. The number of benzene rings is 1. The summed E-state index contributed by atoms with van der Waals surface area (Å²) in [7, 11) is 0. The zero-order chi connectivity index (χ0) is 19.7. The van der Waals surface area contributed by atoms with Gasteiger partial charge in [0.15, 0.2) is 5.69 Å². The van der Waals surface area contributed by atoms with Gasteiger partial charge >= 0.3 is 0 Å². The van der Waals surface area contributed by atoms with E-state index >= 15 is 0 Å². The number of amides is 1. The van der Waals surface area contributed by atoms with Crippen molar-refractivity contribution < 1.29 is 4.79 Å². The third-order valence-electron chi connectivity index (χ3n) is 5.09. The molecule has 2 aromatic heterocycles. The minimum Gasteiger partial charge on any atom is -0.334 e. The molecule has 1 aromatic carbocycles. The molecule has 1 amide bonds. The van der Waals surface area contributed by atoms with Crippen molar-refractivity contribution in [3.8, 4) is 0 Å². The van der Waals surface area contributed by atoms with Crippen LogP contribution in [0.25, 0.3) is 10.8 Å². The monoisotopic (exact) mass is 377 g/mol. The summed E-state index contributed by atoms with van der Waals surface area (Å²) in [4.78, 5) is 32.0. The van der Waals surface area contributed by atoms with E-state index in [1.165, 1.54) is 4.68 Å². The van der Waals surface area contributed by atoms with E-state index in [0.717, 1.165) is 5.56 Å². The highest BCUT2D eigenvalue weighted by atomic mass is 16.2. The first-order valence-electron chi connectivity index (χ1n) is 9.50. The molecule has 7 nitrogen and oxygen atoms in total. The Hall–Kier alpha value is -3.06. The predicted octanol–water partition coefficient (Wildman–Crippen LogP) is 2.16. The molecule has 3 heterocycles. The molecule has 0 saturated carbocycles. The van der Waals surface area contributed by atoms with Crippen LogP contribution in [-0.2, 0) is 0 Å². The average molecular weight is 377 g/mol. The van der Waals surface area contributed by atoms with Crippen LogP contribution in [0.15, 0.2) is 53.6 Å². The molecule has 7 heteroatoms. The number of piperazine rings is 1. The summed E-state index contributed by atoms with van der Waals surface area (Å²) < 4.78 is 1.40. The molecular formula is C21H23N5O2. The quantitative estimate of drug-likeness (QED) is 0.757. The minimum atomic E-state index is -0.169. The molecule has 3 aromatic rings. The van der Waals surface area contributed by atoms with E-state index in [4.69, 9.17) is 0 Å². The normalized spacial score (nSPS) is 17.2. The first-order valence-corrected chi connectivity index (χ1v) is 9.50. The van der Waals surface area contributed by atoms with Crippen molar-refractivity contribution >= 4 is 16.7 Å². The molecule has 144 valence electrons. The van der Waals surface area contributed by atoms with Crippen molar-refractivity contribution in [2.24, 2.45) is 0 Å². The van der Waals surface area contributed by atoms with Crippen LogP contribution in [0.4, 0.5) is 0 Å². The lowest BCUT2D eigenvalue weighted by Gasteiger charge is -2.34. The third-order valence-corrected chi connectivity index (χ3v) is 5.09. The number of carbonyl (C=O) groups excluding carboxylic acids is 1. The Kier molecular flexibility index (Phi) is 4.92. The molecule has 4 rings (SSSR count). The fourth-order valence-corrected chi connectivity index (χ4v) is 3.62. The van der Waals surface area contributed by atoms with E-state index in [-0.39, 0.29) is 23.6 Å². The second kappa shape index (κ2) is 7.52. The van der Waals surface area contributed by atoms with Gasteiger partial charge in [-0.3, -0.25) is 14.6 Å². The van der Waals surface area contributed by atoms with Crippen molar-refractivity contribution in [2.45, 2.75) is 25.9 Å². The molecule has 0 spiro atoms. The highest BCUT2D eigenvalue weighted by Crippen LogP contribution is 2.21. The Bertz CT molecular complexity index is 1060. The fraction of sp³-hybridized carbons (Fsp3) is 0.333. The summed E-state index contributed by atoms with van der Waals surface area (Å²) in [5.41, 5.74) is 1.26. The highest BCUT2D eigenvalue weighted by molar-refractivity contribution is 6.04. The summed E-state index contributed by atoms with van der Waals surface area (Å²) in [6, 6.07) is 11.0. The number of carbonyl (C=O) groups is 1. The van der Waals surface area contributed by atoms with Gasteiger partial charge in [-0.25, -0.2) is 4.68 Å². The number of nitrogens with zero attached hydrogens (tertiary/aromatic N) is 4. The average Bonchev–Trinajstić information content (AvgIpc) is 2.74. The van der Waals surface area contributed by atoms with Crippen LogP contribution in [0.2, 0.25) is 0 Å². The minimum absolute atomic E-state index is 0.0444. The SMILES string of the molecule is CC(C)n1nc(C(=O)N2CCNC(c3ccncc3)C2)c2ccccc2c1=O. The molecule has 1 fully saturated rings. The number of rotatable bonds is 3. The molecule has 0 aliphatic carbocycles. The summed E-state index contributed by atoms with van der Waals surface area (Å²) in [6.07, 6.45) is 3.51. The second-order valence-corrected chi connectivity index (χ2v) is 7.28. The van der Waals surface area contributed by atoms with Crippen LogP contribution in [0.3, 0.4) is 0 Å². The van der Waals surface area contributed by atoms with Gasteiger partial charge in [-0.2, -0.15) is 5.10 Å². The van der Waals surface area contributed by atoms with Gasteiger partial charge in [0.2, 0.25) is 0 Å². The standard InChI is InChI=1S/C21H23N5O2/c1-14(2)26-20(27)17-6-4-3-5-16(17)19(24-26)21(28)25-12-11-23-18(13-25)15-7-9-22-10-8-15/h3-10,14,18,23H,11-13H2,1-2H3. The Morgan fingerprint density at radius 3 is 2.57 bits per heavy atom. The first kappa shape index (κ1) is 18.3. The van der Waals surface area contributed by atoms with Crippen LogP contribution in [0.5, 0.6) is 0 Å². The summed E-state index contributed by atoms with van der Waals surface area (Å²) in [5, 5.41) is 9.03. The zero-order valence-electron chi connectivity index (χ0n) is 16.0. The van der Waals surface area contributed by atoms with Gasteiger partial charge < -0.3 is 10.2 Å². The van der Waals surface area contributed by atoms with E-state index in [1.54, 1.807) is 24.5 Å². The van der Waals surface area contributed by atoms with E-state index in [9.17, 15) is 9.59 Å². The topological polar surface area (TPSA) is 80.1 Å². The maximum absolute atomic E-state index is 13.4. The maximum atomic E-state index is 13.4. The summed E-state index contributed by atoms with van der Waals surface area (Å²) in [5.74, 6) is -0.147. The third kappa shape index (κ3) is 3.29. The molecule has 1 atom stereocenters. The number of pyridine rings is 1. The van der Waals surface area contributed by atoms with Crippen molar-refractivity contribution in [3.63, 3.8) is 0 Å². The van der Waals surface area contributed by atoms with Crippen molar-refractivity contribution in [3.05, 3.63) is 70.4 Å². The molecule has 0 bridgehead atoms. The van der Waals surface area contributed by atoms with Crippen LogP contribution in [0, 0.1) is 0 Å².